The fourth-order valence-electron chi connectivity index (χ4n) is 4.07. The summed E-state index contributed by atoms with van der Waals surface area (Å²) in [6.45, 7) is 0. The number of hydrogen-bond donors (Lipinski definition) is 0. The number of ether oxygens (including phenoxy) is 1. The van der Waals surface area contributed by atoms with Crippen molar-refractivity contribution in [2.75, 3.05) is 14.2 Å². The third-order valence-corrected chi connectivity index (χ3v) is 5.33. The van der Waals surface area contributed by atoms with E-state index in [2.05, 4.69) is 18.0 Å². The summed E-state index contributed by atoms with van der Waals surface area (Å²) >= 11 is 0. The van der Waals surface area contributed by atoms with E-state index in [1.54, 1.807) is 18.2 Å². The highest BCUT2D eigenvalue weighted by Crippen LogP contribution is 2.38. The standard InChI is InChI=1S/C18H22N2O2/c1-20-13-5-3-6-14(20)10-12(9-13)18(21)15-7-4-8-17(22-2)16(15)11-19/h4,7-8,12-14H,3,5-6,9-10H2,1-2H3. The van der Waals surface area contributed by atoms with Crippen LogP contribution in [0.15, 0.2) is 18.2 Å². The van der Waals surface area contributed by atoms with Gasteiger partial charge >= 0.3 is 0 Å². The van der Waals surface area contributed by atoms with Crippen LogP contribution >= 0.6 is 0 Å². The highest BCUT2D eigenvalue weighted by molar-refractivity contribution is 6.00. The zero-order valence-electron chi connectivity index (χ0n) is 13.2. The normalized spacial score (nSPS) is 28.0. The van der Waals surface area contributed by atoms with E-state index >= 15 is 0 Å². The Kier molecular flexibility index (Phi) is 4.17. The molecule has 2 unspecified atom stereocenters. The monoisotopic (exact) mass is 298 g/mol. The number of methoxy groups -OCH3 is 1. The first kappa shape index (κ1) is 15.1. The molecule has 0 N–H and O–H groups in total. The first-order chi connectivity index (χ1) is 10.7. The zero-order chi connectivity index (χ0) is 15.7. The second-order valence-electron chi connectivity index (χ2n) is 6.43. The Labute approximate surface area is 131 Å². The Hall–Kier alpha value is -1.86. The number of benzene rings is 1. The molecule has 2 aliphatic heterocycles. The van der Waals surface area contributed by atoms with Gasteiger partial charge in [0.2, 0.25) is 0 Å². The molecule has 2 bridgehead atoms. The van der Waals surface area contributed by atoms with Crippen molar-refractivity contribution in [1.82, 2.24) is 4.90 Å². The molecule has 2 saturated heterocycles. The average molecular weight is 298 g/mol. The summed E-state index contributed by atoms with van der Waals surface area (Å²) in [6.07, 6.45) is 5.45. The Balaban J connectivity index is 1.88. The van der Waals surface area contributed by atoms with Gasteiger partial charge in [0.25, 0.3) is 0 Å². The van der Waals surface area contributed by atoms with E-state index in [1.807, 2.05) is 0 Å². The minimum Gasteiger partial charge on any atom is -0.495 e. The summed E-state index contributed by atoms with van der Waals surface area (Å²) in [7, 11) is 3.71. The molecule has 0 aromatic heterocycles. The van der Waals surface area contributed by atoms with Crippen LogP contribution in [0.3, 0.4) is 0 Å². The molecule has 2 atom stereocenters. The molecule has 1 aromatic carbocycles. The molecule has 116 valence electrons. The number of piperidine rings is 2. The Morgan fingerprint density at radius 2 is 2.00 bits per heavy atom. The minimum absolute atomic E-state index is 0.0331. The van der Waals surface area contributed by atoms with Crippen LogP contribution in [0.4, 0.5) is 0 Å². The highest BCUT2D eigenvalue weighted by atomic mass is 16.5. The summed E-state index contributed by atoms with van der Waals surface area (Å²) < 4.78 is 5.22. The molecular weight excluding hydrogens is 276 g/mol. The smallest absolute Gasteiger partial charge is 0.167 e. The van der Waals surface area contributed by atoms with E-state index in [9.17, 15) is 10.1 Å². The molecule has 4 heteroatoms. The van der Waals surface area contributed by atoms with E-state index in [0.29, 0.717) is 29.0 Å². The molecule has 0 radical (unpaired) electrons. The average Bonchev–Trinajstić information content (AvgIpc) is 2.53. The maximum absolute atomic E-state index is 13.0. The Morgan fingerprint density at radius 3 is 2.59 bits per heavy atom. The van der Waals surface area contributed by atoms with Crippen molar-refractivity contribution in [3.8, 4) is 11.8 Å². The molecule has 0 amide bonds. The zero-order valence-corrected chi connectivity index (χ0v) is 13.2. The topological polar surface area (TPSA) is 53.3 Å². The van der Waals surface area contributed by atoms with Gasteiger partial charge in [-0.15, -0.1) is 0 Å². The van der Waals surface area contributed by atoms with Crippen LogP contribution in [0.1, 0.15) is 48.0 Å². The lowest BCUT2D eigenvalue weighted by molar-refractivity contribution is 0.0338. The second-order valence-corrected chi connectivity index (χ2v) is 6.43. The van der Waals surface area contributed by atoms with E-state index in [-0.39, 0.29) is 11.7 Å². The van der Waals surface area contributed by atoms with E-state index in [1.165, 1.54) is 26.4 Å². The largest absolute Gasteiger partial charge is 0.495 e. The third-order valence-electron chi connectivity index (χ3n) is 5.33. The van der Waals surface area contributed by atoms with Gasteiger partial charge in [0, 0.05) is 23.6 Å². The molecule has 3 rings (SSSR count). The minimum atomic E-state index is 0.0331. The summed E-state index contributed by atoms with van der Waals surface area (Å²) in [5.74, 6) is 0.632. The SMILES string of the molecule is COc1cccc(C(=O)C2CC3CCCC(C2)N3C)c1C#N. The molecule has 1 aromatic rings. The third kappa shape index (κ3) is 2.50. The van der Waals surface area contributed by atoms with Crippen LogP contribution < -0.4 is 4.74 Å². The van der Waals surface area contributed by atoms with E-state index in [0.717, 1.165) is 12.8 Å². The number of carbonyl (C=O) groups is 1. The predicted molar refractivity (Wildman–Crippen MR) is 84.0 cm³/mol. The van der Waals surface area contributed by atoms with Crippen molar-refractivity contribution in [1.29, 1.82) is 5.26 Å². The second kappa shape index (κ2) is 6.10. The van der Waals surface area contributed by atoms with Crippen molar-refractivity contribution >= 4 is 5.78 Å². The van der Waals surface area contributed by atoms with Gasteiger partial charge in [0.1, 0.15) is 17.4 Å². The number of hydrogen-bond acceptors (Lipinski definition) is 4. The van der Waals surface area contributed by atoms with Crippen molar-refractivity contribution in [2.24, 2.45) is 5.92 Å². The first-order valence-corrected chi connectivity index (χ1v) is 7.99. The van der Waals surface area contributed by atoms with Crippen LogP contribution in [0.25, 0.3) is 0 Å². The van der Waals surface area contributed by atoms with Gasteiger partial charge in [-0.1, -0.05) is 12.5 Å². The number of fused-ring (bicyclic) bond motifs is 2. The predicted octanol–water partition coefficient (Wildman–Crippen LogP) is 3.01. The lowest BCUT2D eigenvalue weighted by atomic mass is 9.75. The molecule has 0 spiro atoms. The van der Waals surface area contributed by atoms with Crippen molar-refractivity contribution in [2.45, 2.75) is 44.2 Å². The lowest BCUT2D eigenvalue weighted by Crippen LogP contribution is -2.51. The van der Waals surface area contributed by atoms with Crippen LogP contribution in [0, 0.1) is 17.2 Å². The number of nitriles is 1. The summed E-state index contributed by atoms with van der Waals surface area (Å²) in [6, 6.07) is 8.45. The van der Waals surface area contributed by atoms with Gasteiger partial charge < -0.3 is 9.64 Å². The fourth-order valence-corrected chi connectivity index (χ4v) is 4.07. The van der Waals surface area contributed by atoms with Gasteiger partial charge in [0.05, 0.1) is 7.11 Å². The maximum atomic E-state index is 13.0. The van der Waals surface area contributed by atoms with Crippen LogP contribution in [0.5, 0.6) is 5.75 Å². The molecular formula is C18H22N2O2. The Bertz CT molecular complexity index is 606. The molecule has 0 saturated carbocycles. The number of rotatable bonds is 3. The number of carbonyl (C=O) groups excluding carboxylic acids is 1. The van der Waals surface area contributed by atoms with Gasteiger partial charge in [-0.3, -0.25) is 4.79 Å². The molecule has 0 aliphatic carbocycles. The maximum Gasteiger partial charge on any atom is 0.167 e. The molecule has 2 heterocycles. The first-order valence-electron chi connectivity index (χ1n) is 7.99. The summed E-state index contributed by atoms with van der Waals surface area (Å²) in [5, 5.41) is 9.39. The van der Waals surface area contributed by atoms with Crippen LogP contribution in [0.2, 0.25) is 0 Å². The van der Waals surface area contributed by atoms with Crippen LogP contribution in [-0.4, -0.2) is 36.9 Å². The highest BCUT2D eigenvalue weighted by Gasteiger charge is 2.39. The molecule has 4 nitrogen and oxygen atoms in total. The molecule has 2 fully saturated rings. The lowest BCUT2D eigenvalue weighted by Gasteiger charge is -2.46. The van der Waals surface area contributed by atoms with Crippen molar-refractivity contribution < 1.29 is 9.53 Å². The van der Waals surface area contributed by atoms with Crippen molar-refractivity contribution in [3.63, 3.8) is 0 Å². The number of nitrogens with zero attached hydrogens (tertiary/aromatic N) is 2. The molecule has 2 aliphatic rings. The fraction of sp³-hybridized carbons (Fsp3) is 0.556. The number of ketones is 1. The van der Waals surface area contributed by atoms with Crippen LogP contribution in [-0.2, 0) is 0 Å². The molecule has 22 heavy (non-hydrogen) atoms. The summed E-state index contributed by atoms with van der Waals surface area (Å²) in [5.41, 5.74) is 0.897. The van der Waals surface area contributed by atoms with Gasteiger partial charge in [-0.25, -0.2) is 0 Å². The van der Waals surface area contributed by atoms with E-state index in [4.69, 9.17) is 4.74 Å². The Morgan fingerprint density at radius 1 is 1.32 bits per heavy atom. The van der Waals surface area contributed by atoms with Gasteiger partial charge in [0.15, 0.2) is 5.78 Å². The van der Waals surface area contributed by atoms with E-state index < -0.39 is 0 Å². The number of Topliss-reactive ketones (excluding diaryl/α,β-unsaturated/α-hetero) is 1. The summed E-state index contributed by atoms with van der Waals surface area (Å²) in [4.78, 5) is 15.4. The quantitative estimate of drug-likeness (QED) is 0.805. The van der Waals surface area contributed by atoms with Gasteiger partial charge in [-0.2, -0.15) is 5.26 Å². The van der Waals surface area contributed by atoms with Gasteiger partial charge in [-0.05, 0) is 44.9 Å². The van der Waals surface area contributed by atoms with Crippen molar-refractivity contribution in [3.05, 3.63) is 29.3 Å².